The molecule has 0 bridgehead atoms. The molecule has 1 aromatic rings. The highest BCUT2D eigenvalue weighted by Gasteiger charge is 2.46. The molecule has 0 saturated heterocycles. The molecule has 0 radical (unpaired) electrons. The van der Waals surface area contributed by atoms with Crippen LogP contribution in [0.25, 0.3) is 0 Å². The number of nitrogens with two attached hydrogens (primary N) is 1. The third-order valence-corrected chi connectivity index (χ3v) is 3.96. The molecule has 1 fully saturated rings. The van der Waals surface area contributed by atoms with Crippen molar-refractivity contribution in [2.24, 2.45) is 16.6 Å². The minimum Gasteiger partial charge on any atom is -0.369 e. The van der Waals surface area contributed by atoms with Crippen LogP contribution in [0.2, 0.25) is 0 Å². The molecule has 18 heavy (non-hydrogen) atoms. The van der Waals surface area contributed by atoms with Crippen molar-refractivity contribution < 1.29 is 4.79 Å². The maximum atomic E-state index is 11.8. The summed E-state index contributed by atoms with van der Waals surface area (Å²) in [6, 6.07) is 10.5. The van der Waals surface area contributed by atoms with Crippen LogP contribution >= 0.6 is 0 Å². The van der Waals surface area contributed by atoms with Crippen LogP contribution in [0, 0.1) is 5.92 Å². The summed E-state index contributed by atoms with van der Waals surface area (Å²) in [6.07, 6.45) is 1.60. The Labute approximate surface area is 106 Å². The Morgan fingerprint density at radius 1 is 1.33 bits per heavy atom. The van der Waals surface area contributed by atoms with Crippen LogP contribution in [0.15, 0.2) is 35.3 Å². The van der Waals surface area contributed by atoms with Gasteiger partial charge < -0.3 is 5.73 Å². The third kappa shape index (κ3) is 1.88. The van der Waals surface area contributed by atoms with E-state index in [1.54, 1.807) is 7.05 Å². The molecular weight excluding hydrogens is 226 g/mol. The van der Waals surface area contributed by atoms with E-state index in [4.69, 9.17) is 5.73 Å². The number of amides is 1. The van der Waals surface area contributed by atoms with Crippen LogP contribution in [0.3, 0.4) is 0 Å². The topological polar surface area (TPSA) is 58.7 Å². The Morgan fingerprint density at radius 2 is 2.06 bits per heavy atom. The first-order valence-electron chi connectivity index (χ1n) is 6.31. The van der Waals surface area contributed by atoms with Gasteiger partial charge in [0.05, 0.1) is 12.5 Å². The second kappa shape index (κ2) is 4.12. The first-order valence-corrected chi connectivity index (χ1v) is 6.31. The summed E-state index contributed by atoms with van der Waals surface area (Å²) < 4.78 is 0. The number of aliphatic imine (C=N–C) groups is 1. The molecule has 1 aliphatic carbocycles. The Morgan fingerprint density at radius 3 is 2.72 bits per heavy atom. The molecule has 0 spiro atoms. The molecule has 1 heterocycles. The first kappa shape index (κ1) is 11.3. The smallest absolute Gasteiger partial charge is 0.231 e. The summed E-state index contributed by atoms with van der Waals surface area (Å²) in [5.41, 5.74) is 7.11. The van der Waals surface area contributed by atoms with Crippen LogP contribution < -0.4 is 5.73 Å². The summed E-state index contributed by atoms with van der Waals surface area (Å²) >= 11 is 0. The predicted octanol–water partition coefficient (Wildman–Crippen LogP) is 1.34. The van der Waals surface area contributed by atoms with Gasteiger partial charge in [0, 0.05) is 7.05 Å². The van der Waals surface area contributed by atoms with E-state index in [0.29, 0.717) is 24.2 Å². The van der Waals surface area contributed by atoms with Gasteiger partial charge in [-0.2, -0.15) is 0 Å². The fourth-order valence-electron chi connectivity index (χ4n) is 2.72. The molecule has 1 amide bonds. The molecule has 1 aromatic carbocycles. The highest BCUT2D eigenvalue weighted by molar-refractivity contribution is 5.98. The lowest BCUT2D eigenvalue weighted by molar-refractivity contribution is -0.127. The van der Waals surface area contributed by atoms with Gasteiger partial charge >= 0.3 is 0 Å². The summed E-state index contributed by atoms with van der Waals surface area (Å²) in [5.74, 6) is 1.45. The van der Waals surface area contributed by atoms with Crippen molar-refractivity contribution in [3.63, 3.8) is 0 Å². The normalized spacial score (nSPS) is 31.2. The highest BCUT2D eigenvalue weighted by atomic mass is 16.2. The van der Waals surface area contributed by atoms with E-state index in [9.17, 15) is 4.79 Å². The van der Waals surface area contributed by atoms with Gasteiger partial charge in [0.25, 0.3) is 0 Å². The van der Waals surface area contributed by atoms with Gasteiger partial charge in [0.2, 0.25) is 5.91 Å². The number of hydrogen-bond donors (Lipinski definition) is 1. The van der Waals surface area contributed by atoms with E-state index < -0.39 is 0 Å². The summed E-state index contributed by atoms with van der Waals surface area (Å²) in [4.78, 5) is 17.6. The van der Waals surface area contributed by atoms with E-state index in [0.717, 1.165) is 6.42 Å². The van der Waals surface area contributed by atoms with Crippen molar-refractivity contribution in [1.82, 2.24) is 4.90 Å². The minimum absolute atomic E-state index is 0.0684. The third-order valence-electron chi connectivity index (χ3n) is 3.96. The van der Waals surface area contributed by atoms with Crippen LogP contribution in [0.5, 0.6) is 0 Å². The first-order chi connectivity index (χ1) is 8.66. The zero-order valence-corrected chi connectivity index (χ0v) is 10.4. The molecule has 0 aromatic heterocycles. The van der Waals surface area contributed by atoms with Crippen molar-refractivity contribution in [3.8, 4) is 0 Å². The van der Waals surface area contributed by atoms with Crippen molar-refractivity contribution in [2.75, 3.05) is 7.05 Å². The molecule has 94 valence electrons. The van der Waals surface area contributed by atoms with Gasteiger partial charge in [-0.15, -0.1) is 0 Å². The number of guanidine groups is 1. The van der Waals surface area contributed by atoms with Gasteiger partial charge in [-0.1, -0.05) is 30.3 Å². The minimum atomic E-state index is 0.0684. The number of benzene rings is 1. The maximum absolute atomic E-state index is 11.8. The van der Waals surface area contributed by atoms with Crippen LogP contribution in [0.1, 0.15) is 24.3 Å². The van der Waals surface area contributed by atoms with Crippen LogP contribution in [-0.2, 0) is 4.79 Å². The summed E-state index contributed by atoms with van der Waals surface area (Å²) in [6.45, 7) is 0. The van der Waals surface area contributed by atoms with Gasteiger partial charge in [-0.3, -0.25) is 9.69 Å². The molecule has 4 nitrogen and oxygen atoms in total. The fourth-order valence-corrected chi connectivity index (χ4v) is 2.72. The standard InChI is InChI=1S/C14H17N3O/c1-17-13(18)8-12(16-14(17)15)11-7-10(11)9-5-3-2-4-6-9/h2-6,10-12H,7-8H2,1H3,(H2,15,16)/t10-,11-,12?/m0/s1. The molecule has 4 heteroatoms. The maximum Gasteiger partial charge on any atom is 0.231 e. The average Bonchev–Trinajstić information content (AvgIpc) is 3.17. The molecular formula is C14H17N3O. The lowest BCUT2D eigenvalue weighted by atomic mass is 10.0. The van der Waals surface area contributed by atoms with Gasteiger partial charge in [-0.05, 0) is 23.8 Å². The van der Waals surface area contributed by atoms with E-state index in [1.165, 1.54) is 10.5 Å². The van der Waals surface area contributed by atoms with E-state index in [-0.39, 0.29) is 11.9 Å². The van der Waals surface area contributed by atoms with Crippen molar-refractivity contribution >= 4 is 11.9 Å². The Hall–Kier alpha value is -1.84. The predicted molar refractivity (Wildman–Crippen MR) is 70.1 cm³/mol. The molecule has 3 atom stereocenters. The zero-order chi connectivity index (χ0) is 12.7. The SMILES string of the molecule is CN1C(=O)CC([C@H]2C[C@H]2c2ccccc2)N=C1N. The number of carbonyl (C=O) groups excluding carboxylic acids is 1. The monoisotopic (exact) mass is 243 g/mol. The van der Waals surface area contributed by atoms with Crippen LogP contribution in [-0.4, -0.2) is 29.9 Å². The zero-order valence-electron chi connectivity index (χ0n) is 10.4. The second-order valence-corrected chi connectivity index (χ2v) is 5.13. The Kier molecular flexibility index (Phi) is 2.58. The number of nitrogens with zero attached hydrogens (tertiary/aromatic N) is 2. The van der Waals surface area contributed by atoms with E-state index in [2.05, 4.69) is 29.3 Å². The van der Waals surface area contributed by atoms with Crippen molar-refractivity contribution in [3.05, 3.63) is 35.9 Å². The molecule has 1 saturated carbocycles. The van der Waals surface area contributed by atoms with Gasteiger partial charge in [0.15, 0.2) is 5.96 Å². The van der Waals surface area contributed by atoms with Crippen molar-refractivity contribution in [1.29, 1.82) is 0 Å². The quantitative estimate of drug-likeness (QED) is 0.852. The number of hydrogen-bond acceptors (Lipinski definition) is 3. The Balaban J connectivity index is 1.74. The van der Waals surface area contributed by atoms with E-state index >= 15 is 0 Å². The lowest BCUT2D eigenvalue weighted by Crippen LogP contribution is -2.45. The average molecular weight is 243 g/mol. The highest BCUT2D eigenvalue weighted by Crippen LogP contribution is 2.51. The van der Waals surface area contributed by atoms with E-state index in [1.807, 2.05) is 6.07 Å². The van der Waals surface area contributed by atoms with Crippen molar-refractivity contribution in [2.45, 2.75) is 24.8 Å². The Bertz CT molecular complexity index is 497. The van der Waals surface area contributed by atoms with Gasteiger partial charge in [-0.25, -0.2) is 4.99 Å². The fraction of sp³-hybridized carbons (Fsp3) is 0.429. The summed E-state index contributed by atoms with van der Waals surface area (Å²) in [5, 5.41) is 0. The molecule has 1 unspecified atom stereocenters. The molecule has 2 N–H and O–H groups in total. The summed E-state index contributed by atoms with van der Waals surface area (Å²) in [7, 11) is 1.68. The molecule has 2 aliphatic rings. The number of carbonyl (C=O) groups is 1. The van der Waals surface area contributed by atoms with Crippen LogP contribution in [0.4, 0.5) is 0 Å². The second-order valence-electron chi connectivity index (χ2n) is 5.13. The lowest BCUT2D eigenvalue weighted by Gasteiger charge is -2.25. The molecule has 3 rings (SSSR count). The largest absolute Gasteiger partial charge is 0.369 e. The van der Waals surface area contributed by atoms with Gasteiger partial charge in [0.1, 0.15) is 0 Å². The molecule has 1 aliphatic heterocycles. The number of rotatable bonds is 2.